The van der Waals surface area contributed by atoms with E-state index in [1.807, 2.05) is 24.3 Å². The van der Waals surface area contributed by atoms with E-state index >= 15 is 0 Å². The van der Waals surface area contributed by atoms with Crippen molar-refractivity contribution in [1.29, 1.82) is 0 Å². The Morgan fingerprint density at radius 2 is 1.94 bits per heavy atom. The maximum Gasteiger partial charge on any atom is 0.150 e. The van der Waals surface area contributed by atoms with Crippen LogP contribution in [0.4, 0.5) is 4.39 Å². The molecule has 0 aliphatic heterocycles. The Hall–Kier alpha value is -1.13. The molecule has 0 unspecified atom stereocenters. The Balaban J connectivity index is 2.33. The van der Waals surface area contributed by atoms with Crippen molar-refractivity contribution in [2.75, 3.05) is 0 Å². The Bertz CT molecular complexity index is 557. The Kier molecular flexibility index (Phi) is 3.97. The number of aldehydes is 1. The van der Waals surface area contributed by atoms with Crippen molar-refractivity contribution in [3.05, 3.63) is 58.3 Å². The molecular weight excluding hydrogens is 303 g/mol. The monoisotopic (exact) mass is 310 g/mol. The van der Waals surface area contributed by atoms with E-state index in [9.17, 15) is 9.18 Å². The van der Waals surface area contributed by atoms with Crippen molar-refractivity contribution in [2.24, 2.45) is 0 Å². The third-order valence-corrected chi connectivity index (χ3v) is 4.10. The third kappa shape index (κ3) is 3.17. The topological polar surface area (TPSA) is 17.1 Å². The van der Waals surface area contributed by atoms with Crippen LogP contribution < -0.4 is 0 Å². The summed E-state index contributed by atoms with van der Waals surface area (Å²) < 4.78 is 14.2. The molecule has 0 heterocycles. The van der Waals surface area contributed by atoms with Gasteiger partial charge in [0.2, 0.25) is 0 Å². The van der Waals surface area contributed by atoms with Crippen LogP contribution >= 0.6 is 27.7 Å². The van der Waals surface area contributed by atoms with Gasteiger partial charge in [-0.25, -0.2) is 4.39 Å². The number of halogens is 2. The molecule has 1 nitrogen and oxygen atoms in total. The SMILES string of the molecule is O=Cc1cc(F)cc(Sc2ccccc2Br)c1. The van der Waals surface area contributed by atoms with Gasteiger partial charge in [0.15, 0.2) is 0 Å². The van der Waals surface area contributed by atoms with Gasteiger partial charge in [-0.1, -0.05) is 23.9 Å². The van der Waals surface area contributed by atoms with Gasteiger partial charge in [0.25, 0.3) is 0 Å². The highest BCUT2D eigenvalue weighted by Crippen LogP contribution is 2.33. The first-order valence-corrected chi connectivity index (χ1v) is 6.48. The van der Waals surface area contributed by atoms with Gasteiger partial charge in [0.1, 0.15) is 12.1 Å². The molecule has 17 heavy (non-hydrogen) atoms. The predicted molar refractivity (Wildman–Crippen MR) is 70.1 cm³/mol. The van der Waals surface area contributed by atoms with Crippen molar-refractivity contribution >= 4 is 34.0 Å². The first kappa shape index (κ1) is 12.3. The summed E-state index contributed by atoms with van der Waals surface area (Å²) in [5.41, 5.74) is 0.347. The van der Waals surface area contributed by atoms with Crippen molar-refractivity contribution < 1.29 is 9.18 Å². The molecule has 0 atom stereocenters. The molecule has 4 heteroatoms. The number of hydrogen-bond donors (Lipinski definition) is 0. The van der Waals surface area contributed by atoms with E-state index in [1.165, 1.54) is 23.9 Å². The quantitative estimate of drug-likeness (QED) is 0.773. The molecule has 2 rings (SSSR count). The second-order valence-electron chi connectivity index (χ2n) is 3.37. The zero-order valence-corrected chi connectivity index (χ0v) is 11.1. The number of hydrogen-bond acceptors (Lipinski definition) is 2. The number of rotatable bonds is 3. The summed E-state index contributed by atoms with van der Waals surface area (Å²) in [6, 6.07) is 12.0. The molecule has 0 aromatic heterocycles. The highest BCUT2D eigenvalue weighted by molar-refractivity contribution is 9.10. The Morgan fingerprint density at radius 1 is 1.18 bits per heavy atom. The molecule has 0 radical (unpaired) electrons. The first-order chi connectivity index (χ1) is 8.19. The molecule has 0 aliphatic rings. The number of carbonyl (C=O) groups is 1. The summed E-state index contributed by atoms with van der Waals surface area (Å²) in [5.74, 6) is -0.399. The lowest BCUT2D eigenvalue weighted by molar-refractivity contribution is 0.112. The van der Waals surface area contributed by atoms with Crippen LogP contribution in [0.2, 0.25) is 0 Å². The van der Waals surface area contributed by atoms with Gasteiger partial charge < -0.3 is 0 Å². The van der Waals surface area contributed by atoms with Crippen molar-refractivity contribution in [3.8, 4) is 0 Å². The summed E-state index contributed by atoms with van der Waals surface area (Å²) in [6.45, 7) is 0. The van der Waals surface area contributed by atoms with Crippen LogP contribution in [0.1, 0.15) is 10.4 Å². The van der Waals surface area contributed by atoms with Gasteiger partial charge in [-0.05, 0) is 46.3 Å². The highest BCUT2D eigenvalue weighted by atomic mass is 79.9. The van der Waals surface area contributed by atoms with Gasteiger partial charge in [0.05, 0.1) is 0 Å². The summed E-state index contributed by atoms with van der Waals surface area (Å²) >= 11 is 4.84. The molecule has 0 saturated heterocycles. The average Bonchev–Trinajstić information content (AvgIpc) is 2.31. The minimum Gasteiger partial charge on any atom is -0.298 e. The molecular formula is C13H8BrFOS. The van der Waals surface area contributed by atoms with Crippen molar-refractivity contribution in [1.82, 2.24) is 0 Å². The largest absolute Gasteiger partial charge is 0.298 e. The lowest BCUT2D eigenvalue weighted by atomic mass is 10.2. The van der Waals surface area contributed by atoms with E-state index in [4.69, 9.17) is 0 Å². The molecule has 0 amide bonds. The molecule has 0 bridgehead atoms. The molecule has 0 aliphatic carbocycles. The molecule has 0 N–H and O–H groups in total. The zero-order valence-electron chi connectivity index (χ0n) is 8.69. The van der Waals surface area contributed by atoms with E-state index < -0.39 is 5.82 Å². The highest BCUT2D eigenvalue weighted by Gasteiger charge is 2.04. The van der Waals surface area contributed by atoms with Crippen LogP contribution in [-0.4, -0.2) is 6.29 Å². The lowest BCUT2D eigenvalue weighted by Gasteiger charge is -2.04. The maximum atomic E-state index is 13.2. The van der Waals surface area contributed by atoms with Gasteiger partial charge in [0, 0.05) is 19.8 Å². The normalized spacial score (nSPS) is 10.2. The summed E-state index contributed by atoms with van der Waals surface area (Å²) in [4.78, 5) is 12.3. The second-order valence-corrected chi connectivity index (χ2v) is 5.34. The second kappa shape index (κ2) is 5.47. The fourth-order valence-corrected chi connectivity index (χ4v) is 2.83. The first-order valence-electron chi connectivity index (χ1n) is 4.87. The van der Waals surface area contributed by atoms with Crippen LogP contribution in [0.25, 0.3) is 0 Å². The fourth-order valence-electron chi connectivity index (χ4n) is 1.37. The van der Waals surface area contributed by atoms with E-state index in [0.29, 0.717) is 16.7 Å². The third-order valence-electron chi connectivity index (χ3n) is 2.09. The van der Waals surface area contributed by atoms with E-state index in [-0.39, 0.29) is 0 Å². The van der Waals surface area contributed by atoms with Crippen LogP contribution in [0, 0.1) is 5.82 Å². The molecule has 0 saturated carbocycles. The minimum atomic E-state index is -0.399. The summed E-state index contributed by atoms with van der Waals surface area (Å²) in [5, 5.41) is 0. The fraction of sp³-hybridized carbons (Fsp3) is 0. The Labute approximate surface area is 111 Å². The van der Waals surface area contributed by atoms with Crippen molar-refractivity contribution in [2.45, 2.75) is 9.79 Å². The smallest absolute Gasteiger partial charge is 0.150 e. The van der Waals surface area contributed by atoms with Gasteiger partial charge in [-0.3, -0.25) is 4.79 Å². The Morgan fingerprint density at radius 3 is 2.65 bits per heavy atom. The van der Waals surface area contributed by atoms with Gasteiger partial charge >= 0.3 is 0 Å². The standard InChI is InChI=1S/C13H8BrFOS/c14-12-3-1-2-4-13(12)17-11-6-9(8-16)5-10(15)7-11/h1-8H. The summed E-state index contributed by atoms with van der Waals surface area (Å²) in [7, 11) is 0. The average molecular weight is 311 g/mol. The molecule has 0 fully saturated rings. The van der Waals surface area contributed by atoms with Gasteiger partial charge in [-0.15, -0.1) is 0 Å². The van der Waals surface area contributed by atoms with Crippen LogP contribution in [0.3, 0.4) is 0 Å². The summed E-state index contributed by atoms with van der Waals surface area (Å²) in [6.07, 6.45) is 0.646. The molecule has 0 spiro atoms. The van der Waals surface area contributed by atoms with Crippen LogP contribution in [0.15, 0.2) is 56.7 Å². The number of carbonyl (C=O) groups excluding carboxylic acids is 1. The predicted octanol–water partition coefficient (Wildman–Crippen LogP) is 4.55. The van der Waals surface area contributed by atoms with E-state index in [1.54, 1.807) is 6.07 Å². The van der Waals surface area contributed by atoms with E-state index in [2.05, 4.69) is 15.9 Å². The number of benzene rings is 2. The van der Waals surface area contributed by atoms with Gasteiger partial charge in [-0.2, -0.15) is 0 Å². The zero-order chi connectivity index (χ0) is 12.3. The molecule has 2 aromatic carbocycles. The minimum absolute atomic E-state index is 0.347. The van der Waals surface area contributed by atoms with E-state index in [0.717, 1.165) is 9.37 Å². The van der Waals surface area contributed by atoms with Crippen LogP contribution in [-0.2, 0) is 0 Å². The molecule has 2 aromatic rings. The molecule has 86 valence electrons. The lowest BCUT2D eigenvalue weighted by Crippen LogP contribution is -1.85. The van der Waals surface area contributed by atoms with Crippen LogP contribution in [0.5, 0.6) is 0 Å². The maximum absolute atomic E-state index is 13.2. The van der Waals surface area contributed by atoms with Crippen molar-refractivity contribution in [3.63, 3.8) is 0 Å².